The van der Waals surface area contributed by atoms with Gasteiger partial charge in [0.15, 0.2) is 0 Å². The Morgan fingerprint density at radius 1 is 1.33 bits per heavy atom. The molecule has 1 fully saturated rings. The van der Waals surface area contributed by atoms with E-state index in [1.165, 1.54) is 12.1 Å². The van der Waals surface area contributed by atoms with Gasteiger partial charge in [0.05, 0.1) is 6.04 Å². The van der Waals surface area contributed by atoms with Crippen molar-refractivity contribution in [3.63, 3.8) is 0 Å². The molecule has 1 aliphatic heterocycles. The molecule has 0 aliphatic carbocycles. The standard InChI is InChI=1S/C14H17F3N2O2/c1-9(19-12-3-2-8-18-13(12)20)10-4-6-11(7-5-10)21-14(15,16)17/h4-7,9,12,19H,2-3,8H2,1H3,(H,18,20). The highest BCUT2D eigenvalue weighted by Crippen LogP contribution is 2.24. The minimum absolute atomic E-state index is 0.0369. The summed E-state index contributed by atoms with van der Waals surface area (Å²) in [7, 11) is 0. The highest BCUT2D eigenvalue weighted by Gasteiger charge is 2.31. The quantitative estimate of drug-likeness (QED) is 0.898. The van der Waals surface area contributed by atoms with E-state index >= 15 is 0 Å². The fourth-order valence-corrected chi connectivity index (χ4v) is 2.29. The molecule has 1 saturated heterocycles. The van der Waals surface area contributed by atoms with Crippen molar-refractivity contribution >= 4 is 5.91 Å². The molecule has 21 heavy (non-hydrogen) atoms. The van der Waals surface area contributed by atoms with Gasteiger partial charge in [0.2, 0.25) is 5.91 Å². The Balaban J connectivity index is 1.96. The van der Waals surface area contributed by atoms with Crippen LogP contribution in [0.5, 0.6) is 5.75 Å². The lowest BCUT2D eigenvalue weighted by Gasteiger charge is -2.26. The van der Waals surface area contributed by atoms with Gasteiger partial charge >= 0.3 is 6.36 Å². The first-order valence-corrected chi connectivity index (χ1v) is 6.74. The van der Waals surface area contributed by atoms with Crippen LogP contribution >= 0.6 is 0 Å². The topological polar surface area (TPSA) is 50.4 Å². The summed E-state index contributed by atoms with van der Waals surface area (Å²) < 4.78 is 40.0. The van der Waals surface area contributed by atoms with Crippen LogP contribution in [-0.2, 0) is 4.79 Å². The molecule has 7 heteroatoms. The largest absolute Gasteiger partial charge is 0.573 e. The predicted molar refractivity (Wildman–Crippen MR) is 70.7 cm³/mol. The fraction of sp³-hybridized carbons (Fsp3) is 0.500. The Morgan fingerprint density at radius 3 is 2.57 bits per heavy atom. The first-order chi connectivity index (χ1) is 9.85. The molecule has 0 spiro atoms. The van der Waals surface area contributed by atoms with E-state index in [4.69, 9.17) is 0 Å². The Bertz CT molecular complexity index is 488. The second-order valence-corrected chi connectivity index (χ2v) is 4.99. The first-order valence-electron chi connectivity index (χ1n) is 6.74. The van der Waals surface area contributed by atoms with E-state index in [1.807, 2.05) is 6.92 Å². The van der Waals surface area contributed by atoms with Crippen LogP contribution in [0.2, 0.25) is 0 Å². The number of alkyl halides is 3. The van der Waals surface area contributed by atoms with Gasteiger partial charge in [-0.2, -0.15) is 0 Å². The Labute approximate surface area is 120 Å². The number of hydrogen-bond acceptors (Lipinski definition) is 3. The number of carbonyl (C=O) groups is 1. The van der Waals surface area contributed by atoms with Gasteiger partial charge in [-0.25, -0.2) is 0 Å². The molecule has 2 rings (SSSR count). The molecule has 1 heterocycles. The maximum absolute atomic E-state index is 12.1. The molecule has 0 saturated carbocycles. The average Bonchev–Trinajstić information content (AvgIpc) is 2.40. The van der Waals surface area contributed by atoms with Gasteiger partial charge in [-0.1, -0.05) is 12.1 Å². The van der Waals surface area contributed by atoms with Crippen LogP contribution in [-0.4, -0.2) is 24.9 Å². The van der Waals surface area contributed by atoms with Crippen LogP contribution in [0.1, 0.15) is 31.4 Å². The molecule has 0 aromatic heterocycles. The zero-order valence-electron chi connectivity index (χ0n) is 11.5. The lowest BCUT2D eigenvalue weighted by atomic mass is 10.0. The molecular formula is C14H17F3N2O2. The van der Waals surface area contributed by atoms with Crippen molar-refractivity contribution in [2.75, 3.05) is 6.54 Å². The van der Waals surface area contributed by atoms with E-state index in [1.54, 1.807) is 12.1 Å². The van der Waals surface area contributed by atoms with Gasteiger partial charge < -0.3 is 10.1 Å². The van der Waals surface area contributed by atoms with Crippen LogP contribution < -0.4 is 15.4 Å². The number of piperidine rings is 1. The van der Waals surface area contributed by atoms with E-state index in [9.17, 15) is 18.0 Å². The van der Waals surface area contributed by atoms with Crippen molar-refractivity contribution in [1.29, 1.82) is 0 Å². The third kappa shape index (κ3) is 4.63. The molecule has 0 radical (unpaired) electrons. The van der Waals surface area contributed by atoms with Crippen molar-refractivity contribution in [3.05, 3.63) is 29.8 Å². The summed E-state index contributed by atoms with van der Waals surface area (Å²) in [6.45, 7) is 2.55. The van der Waals surface area contributed by atoms with Crippen molar-refractivity contribution in [1.82, 2.24) is 10.6 Å². The lowest BCUT2D eigenvalue weighted by molar-refractivity contribution is -0.274. The number of carbonyl (C=O) groups excluding carboxylic acids is 1. The zero-order valence-corrected chi connectivity index (χ0v) is 11.5. The van der Waals surface area contributed by atoms with Crippen LogP contribution in [0.25, 0.3) is 0 Å². The van der Waals surface area contributed by atoms with Gasteiger partial charge in [-0.15, -0.1) is 13.2 Å². The number of rotatable bonds is 4. The van der Waals surface area contributed by atoms with Gasteiger partial charge in [0.1, 0.15) is 5.75 Å². The average molecular weight is 302 g/mol. The summed E-state index contributed by atoms with van der Waals surface area (Å²) in [5.74, 6) is -0.293. The van der Waals surface area contributed by atoms with Gasteiger partial charge in [0.25, 0.3) is 0 Å². The minimum Gasteiger partial charge on any atom is -0.406 e. The van der Waals surface area contributed by atoms with Gasteiger partial charge in [-0.3, -0.25) is 10.1 Å². The van der Waals surface area contributed by atoms with E-state index in [2.05, 4.69) is 15.4 Å². The molecule has 1 amide bonds. The van der Waals surface area contributed by atoms with E-state index in [0.29, 0.717) is 6.54 Å². The number of hydrogen-bond donors (Lipinski definition) is 2. The Kier molecular flexibility index (Phi) is 4.72. The first kappa shape index (κ1) is 15.6. The van der Waals surface area contributed by atoms with Crippen LogP contribution in [0, 0.1) is 0 Å². The smallest absolute Gasteiger partial charge is 0.406 e. The van der Waals surface area contributed by atoms with E-state index in [-0.39, 0.29) is 23.7 Å². The molecule has 2 atom stereocenters. The molecule has 0 bridgehead atoms. The Hall–Kier alpha value is -1.76. The number of halogens is 3. The summed E-state index contributed by atoms with van der Waals surface area (Å²) in [4.78, 5) is 11.7. The van der Waals surface area contributed by atoms with Crippen molar-refractivity contribution in [3.8, 4) is 5.75 Å². The monoisotopic (exact) mass is 302 g/mol. The fourth-order valence-electron chi connectivity index (χ4n) is 2.29. The molecule has 1 aromatic rings. The predicted octanol–water partition coefficient (Wildman–Crippen LogP) is 2.51. The molecule has 116 valence electrons. The summed E-state index contributed by atoms with van der Waals surface area (Å²) in [6.07, 6.45) is -3.02. The zero-order chi connectivity index (χ0) is 15.5. The third-order valence-corrected chi connectivity index (χ3v) is 3.35. The normalized spacial score (nSPS) is 20.8. The second kappa shape index (κ2) is 6.34. The minimum atomic E-state index is -4.69. The van der Waals surface area contributed by atoms with Crippen molar-refractivity contribution in [2.24, 2.45) is 0 Å². The Morgan fingerprint density at radius 2 is 2.00 bits per heavy atom. The highest BCUT2D eigenvalue weighted by atomic mass is 19.4. The van der Waals surface area contributed by atoms with Gasteiger partial charge in [-0.05, 0) is 37.5 Å². The maximum atomic E-state index is 12.1. The number of benzene rings is 1. The number of nitrogens with one attached hydrogen (secondary N) is 2. The van der Waals surface area contributed by atoms with Crippen LogP contribution in [0.3, 0.4) is 0 Å². The SMILES string of the molecule is CC(NC1CCCNC1=O)c1ccc(OC(F)(F)F)cc1. The van der Waals surface area contributed by atoms with Crippen molar-refractivity contribution in [2.45, 2.75) is 38.2 Å². The van der Waals surface area contributed by atoms with Crippen LogP contribution in [0.4, 0.5) is 13.2 Å². The molecule has 2 N–H and O–H groups in total. The number of ether oxygens (including phenoxy) is 1. The molecule has 1 aliphatic rings. The number of amides is 1. The highest BCUT2D eigenvalue weighted by molar-refractivity contribution is 5.82. The van der Waals surface area contributed by atoms with E-state index in [0.717, 1.165) is 18.4 Å². The summed E-state index contributed by atoms with van der Waals surface area (Å²) in [6, 6.07) is 5.24. The summed E-state index contributed by atoms with van der Waals surface area (Å²) in [5, 5.41) is 5.95. The third-order valence-electron chi connectivity index (χ3n) is 3.35. The van der Waals surface area contributed by atoms with Crippen molar-refractivity contribution < 1.29 is 22.7 Å². The van der Waals surface area contributed by atoms with Crippen LogP contribution in [0.15, 0.2) is 24.3 Å². The van der Waals surface area contributed by atoms with Gasteiger partial charge in [0, 0.05) is 12.6 Å². The molecule has 1 aromatic carbocycles. The lowest BCUT2D eigenvalue weighted by Crippen LogP contribution is -2.48. The van der Waals surface area contributed by atoms with E-state index < -0.39 is 6.36 Å². The molecule has 2 unspecified atom stereocenters. The maximum Gasteiger partial charge on any atom is 0.573 e. The molecule has 4 nitrogen and oxygen atoms in total. The molecular weight excluding hydrogens is 285 g/mol. The second-order valence-electron chi connectivity index (χ2n) is 4.99. The summed E-state index contributed by atoms with van der Waals surface area (Å²) in [5.41, 5.74) is 0.794. The summed E-state index contributed by atoms with van der Waals surface area (Å²) >= 11 is 0.